The summed E-state index contributed by atoms with van der Waals surface area (Å²) >= 11 is 7.43. The van der Waals surface area contributed by atoms with Crippen molar-refractivity contribution in [2.24, 2.45) is 0 Å². The molecule has 5 nitrogen and oxygen atoms in total. The smallest absolute Gasteiger partial charge is 0.316 e. The minimum Gasteiger partial charge on any atom is -0.457 e. The Bertz CT molecular complexity index is 1270. The van der Waals surface area contributed by atoms with Gasteiger partial charge < -0.3 is 9.30 Å². The van der Waals surface area contributed by atoms with Crippen LogP contribution in [0.4, 0.5) is 0 Å². The van der Waals surface area contributed by atoms with Crippen molar-refractivity contribution in [1.29, 1.82) is 0 Å². The van der Waals surface area contributed by atoms with Gasteiger partial charge in [0.25, 0.3) is 0 Å². The zero-order valence-corrected chi connectivity index (χ0v) is 19.7. The third kappa shape index (κ3) is 5.83. The number of nitrogens with zero attached hydrogens (tertiary/aromatic N) is 2. The number of esters is 1. The van der Waals surface area contributed by atoms with Crippen LogP contribution in [0.25, 0.3) is 11.0 Å². The summed E-state index contributed by atoms with van der Waals surface area (Å²) in [5.74, 6) is -0.634. The molecule has 1 aromatic heterocycles. The molecular weight excluding hydrogens is 456 g/mol. The van der Waals surface area contributed by atoms with Crippen molar-refractivity contribution in [3.8, 4) is 0 Å². The summed E-state index contributed by atoms with van der Waals surface area (Å²) in [6, 6.07) is 23.0. The Morgan fingerprint density at radius 3 is 2.48 bits per heavy atom. The number of carbonyl (C=O) groups is 2. The van der Waals surface area contributed by atoms with E-state index in [0.29, 0.717) is 22.3 Å². The number of ether oxygens (including phenoxy) is 1. The van der Waals surface area contributed by atoms with E-state index < -0.39 is 5.97 Å². The lowest BCUT2D eigenvalue weighted by Crippen LogP contribution is -2.16. The van der Waals surface area contributed by atoms with E-state index in [1.54, 1.807) is 12.1 Å². The maximum absolute atomic E-state index is 12.3. The molecule has 0 atom stereocenters. The van der Waals surface area contributed by atoms with Crippen molar-refractivity contribution in [2.75, 3.05) is 12.4 Å². The lowest BCUT2D eigenvalue weighted by Gasteiger charge is -2.09. The summed E-state index contributed by atoms with van der Waals surface area (Å²) in [6.07, 6.45) is 0.905. The van der Waals surface area contributed by atoms with Gasteiger partial charge in [0.1, 0.15) is 0 Å². The zero-order chi connectivity index (χ0) is 23.2. The third-order valence-electron chi connectivity index (χ3n) is 5.23. The molecule has 0 aliphatic rings. The van der Waals surface area contributed by atoms with E-state index in [-0.39, 0.29) is 18.1 Å². The number of aryl methyl sites for hydroxylation is 1. The third-order valence-corrected chi connectivity index (χ3v) is 6.41. The first kappa shape index (κ1) is 23.1. The highest BCUT2D eigenvalue weighted by Crippen LogP contribution is 2.27. The number of hydrogen-bond acceptors (Lipinski definition) is 5. The van der Waals surface area contributed by atoms with E-state index in [1.165, 1.54) is 11.8 Å². The molecule has 4 aromatic rings. The first-order chi connectivity index (χ1) is 16.0. The number of imidazole rings is 1. The number of ketones is 1. The Balaban J connectivity index is 1.42. The van der Waals surface area contributed by atoms with Crippen molar-refractivity contribution in [2.45, 2.75) is 25.0 Å². The summed E-state index contributed by atoms with van der Waals surface area (Å²) in [7, 11) is 0. The topological polar surface area (TPSA) is 61.2 Å². The normalized spacial score (nSPS) is 11.0. The molecule has 1 heterocycles. The van der Waals surface area contributed by atoms with E-state index in [0.717, 1.165) is 28.6 Å². The summed E-state index contributed by atoms with van der Waals surface area (Å²) < 4.78 is 7.28. The van der Waals surface area contributed by atoms with E-state index >= 15 is 0 Å². The Kier molecular flexibility index (Phi) is 7.47. The zero-order valence-electron chi connectivity index (χ0n) is 18.2. The Morgan fingerprint density at radius 1 is 1.00 bits per heavy atom. The van der Waals surface area contributed by atoms with Gasteiger partial charge in [-0.1, -0.05) is 84.9 Å². The summed E-state index contributed by atoms with van der Waals surface area (Å²) in [4.78, 5) is 29.3. The van der Waals surface area contributed by atoms with Crippen molar-refractivity contribution in [3.63, 3.8) is 0 Å². The van der Waals surface area contributed by atoms with Crippen LogP contribution < -0.4 is 0 Å². The van der Waals surface area contributed by atoms with E-state index in [4.69, 9.17) is 16.3 Å². The molecule has 3 aromatic carbocycles. The van der Waals surface area contributed by atoms with Crippen LogP contribution in [0.1, 0.15) is 28.4 Å². The Hall–Kier alpha value is -3.09. The van der Waals surface area contributed by atoms with E-state index in [9.17, 15) is 9.59 Å². The summed E-state index contributed by atoms with van der Waals surface area (Å²) in [5.41, 5.74) is 4.51. The number of aromatic nitrogens is 2. The lowest BCUT2D eigenvalue weighted by atomic mass is 10.1. The molecule has 0 unspecified atom stereocenters. The molecule has 168 valence electrons. The van der Waals surface area contributed by atoms with Gasteiger partial charge in [0.2, 0.25) is 0 Å². The van der Waals surface area contributed by atoms with Gasteiger partial charge in [-0.25, -0.2) is 4.98 Å². The molecule has 0 bridgehead atoms. The molecular formula is C26H23ClN2O3S. The van der Waals surface area contributed by atoms with Gasteiger partial charge in [-0.3, -0.25) is 9.59 Å². The average molecular weight is 479 g/mol. The Morgan fingerprint density at radius 2 is 1.76 bits per heavy atom. The average Bonchev–Trinajstić information content (AvgIpc) is 3.18. The molecule has 33 heavy (non-hydrogen) atoms. The molecule has 4 rings (SSSR count). The molecule has 0 saturated heterocycles. The maximum atomic E-state index is 12.3. The van der Waals surface area contributed by atoms with Crippen LogP contribution >= 0.6 is 23.4 Å². The number of rotatable bonds is 9. The fourth-order valence-electron chi connectivity index (χ4n) is 3.43. The van der Waals surface area contributed by atoms with Gasteiger partial charge >= 0.3 is 5.97 Å². The lowest BCUT2D eigenvalue weighted by molar-refractivity contribution is -0.139. The number of Topliss-reactive ketones (excluding diaryl/α,β-unsaturated/α-hetero) is 1. The van der Waals surface area contributed by atoms with Gasteiger partial charge in [0.05, 0.1) is 23.3 Å². The SMILES string of the molecule is CCc1ccc(C(=O)COC(=O)CSc2nc3cc(Cl)ccc3n2Cc2ccccc2)cc1. The predicted octanol–water partition coefficient (Wildman–Crippen LogP) is 5.82. The van der Waals surface area contributed by atoms with E-state index in [1.807, 2.05) is 60.7 Å². The molecule has 0 spiro atoms. The minimum absolute atomic E-state index is 0.0495. The highest BCUT2D eigenvalue weighted by molar-refractivity contribution is 7.99. The monoisotopic (exact) mass is 478 g/mol. The molecule has 0 aliphatic heterocycles. The fourth-order valence-corrected chi connectivity index (χ4v) is 4.41. The minimum atomic E-state index is -0.463. The van der Waals surface area contributed by atoms with Crippen LogP contribution in [-0.2, 0) is 22.5 Å². The summed E-state index contributed by atoms with van der Waals surface area (Å²) in [5, 5.41) is 1.29. The van der Waals surface area contributed by atoms with E-state index in [2.05, 4.69) is 16.5 Å². The second-order valence-corrected chi connectivity index (χ2v) is 8.90. The van der Waals surface area contributed by atoms with Crippen LogP contribution in [0.15, 0.2) is 78.0 Å². The number of halogens is 1. The molecule has 7 heteroatoms. The van der Waals surface area contributed by atoms with Crippen molar-refractivity contribution >= 4 is 46.1 Å². The largest absolute Gasteiger partial charge is 0.457 e. The molecule has 0 aliphatic carbocycles. The Labute approximate surface area is 201 Å². The van der Waals surface area contributed by atoms with Gasteiger partial charge in [-0.2, -0.15) is 0 Å². The van der Waals surface area contributed by atoms with Crippen LogP contribution in [0.3, 0.4) is 0 Å². The van der Waals surface area contributed by atoms with Crippen molar-refractivity contribution < 1.29 is 14.3 Å². The molecule has 0 fully saturated rings. The van der Waals surface area contributed by atoms with Crippen molar-refractivity contribution in [3.05, 3.63) is 94.5 Å². The number of thioether (sulfide) groups is 1. The molecule has 0 N–H and O–H groups in total. The number of fused-ring (bicyclic) bond motifs is 1. The molecule has 0 radical (unpaired) electrons. The molecule has 0 amide bonds. The van der Waals surface area contributed by atoms with Crippen LogP contribution in [0.2, 0.25) is 5.02 Å². The quantitative estimate of drug-likeness (QED) is 0.172. The van der Waals surface area contributed by atoms with Gasteiger partial charge in [-0.15, -0.1) is 0 Å². The molecule has 0 saturated carbocycles. The fraction of sp³-hybridized carbons (Fsp3) is 0.192. The second kappa shape index (κ2) is 10.7. The standard InChI is InChI=1S/C26H23ClN2O3S/c1-2-18-8-10-20(11-9-18)24(30)16-32-25(31)17-33-26-28-22-14-21(27)12-13-23(22)29(26)15-19-6-4-3-5-7-19/h3-14H,2,15-17H2,1H3. The van der Waals surface area contributed by atoms with Gasteiger partial charge in [-0.05, 0) is 35.7 Å². The number of hydrogen-bond donors (Lipinski definition) is 0. The van der Waals surface area contributed by atoms with Crippen LogP contribution in [0.5, 0.6) is 0 Å². The first-order valence-electron chi connectivity index (χ1n) is 10.6. The van der Waals surface area contributed by atoms with Crippen LogP contribution in [-0.4, -0.2) is 33.7 Å². The van der Waals surface area contributed by atoms with Gasteiger partial charge in [0, 0.05) is 10.6 Å². The van der Waals surface area contributed by atoms with Crippen LogP contribution in [0, 0.1) is 0 Å². The highest BCUT2D eigenvalue weighted by atomic mass is 35.5. The van der Waals surface area contributed by atoms with Gasteiger partial charge in [0.15, 0.2) is 17.5 Å². The predicted molar refractivity (Wildman–Crippen MR) is 132 cm³/mol. The number of benzene rings is 3. The number of carbonyl (C=O) groups excluding carboxylic acids is 2. The maximum Gasteiger partial charge on any atom is 0.316 e. The van der Waals surface area contributed by atoms with Crippen molar-refractivity contribution in [1.82, 2.24) is 9.55 Å². The highest BCUT2D eigenvalue weighted by Gasteiger charge is 2.16. The second-order valence-electron chi connectivity index (χ2n) is 7.52. The first-order valence-corrected chi connectivity index (χ1v) is 12.0. The summed E-state index contributed by atoms with van der Waals surface area (Å²) in [6.45, 7) is 2.39.